The molecule has 8 heavy (non-hydrogen) atoms. The molecule has 1 saturated heterocycles. The Morgan fingerprint density at radius 2 is 1.62 bits per heavy atom. The molecule has 48 valence electrons. The zero-order chi connectivity index (χ0) is 5.82. The standard InChI is InChI=1S/C4H8ClO2P/c5-8-6-3-1-2-4-7-8/h1-4H2. The van der Waals surface area contributed by atoms with Crippen molar-refractivity contribution in [3.8, 4) is 0 Å². The molecular formula is C4H8ClO2P. The topological polar surface area (TPSA) is 18.5 Å². The minimum atomic E-state index is -1.05. The van der Waals surface area contributed by atoms with Crippen molar-refractivity contribution in [1.29, 1.82) is 0 Å². The molecule has 1 aliphatic heterocycles. The lowest BCUT2D eigenvalue weighted by atomic mass is 10.3. The lowest BCUT2D eigenvalue weighted by molar-refractivity contribution is 0.306. The SMILES string of the molecule is ClP1OCCCCO1. The van der Waals surface area contributed by atoms with Gasteiger partial charge in [-0.05, 0) is 24.1 Å². The molecule has 0 atom stereocenters. The van der Waals surface area contributed by atoms with Crippen LogP contribution in [0.3, 0.4) is 0 Å². The van der Waals surface area contributed by atoms with Gasteiger partial charge in [-0.1, -0.05) is 0 Å². The first kappa shape index (κ1) is 6.76. The summed E-state index contributed by atoms with van der Waals surface area (Å²) < 4.78 is 10.0. The molecule has 1 fully saturated rings. The van der Waals surface area contributed by atoms with Gasteiger partial charge in [0.2, 0.25) is 0 Å². The monoisotopic (exact) mass is 154 g/mol. The molecule has 1 aliphatic rings. The van der Waals surface area contributed by atoms with Gasteiger partial charge in [-0.25, -0.2) is 0 Å². The van der Waals surface area contributed by atoms with E-state index < -0.39 is 7.73 Å². The molecule has 0 amide bonds. The summed E-state index contributed by atoms with van der Waals surface area (Å²) >= 11 is 5.54. The first-order chi connectivity index (χ1) is 3.89. The van der Waals surface area contributed by atoms with E-state index in [0.29, 0.717) is 0 Å². The van der Waals surface area contributed by atoms with Gasteiger partial charge in [0.25, 0.3) is 7.73 Å². The minimum absolute atomic E-state index is 0.759. The highest BCUT2D eigenvalue weighted by atomic mass is 35.7. The molecule has 2 nitrogen and oxygen atoms in total. The summed E-state index contributed by atoms with van der Waals surface area (Å²) in [6.45, 7) is 1.52. The largest absolute Gasteiger partial charge is 0.322 e. The Hall–Kier alpha value is 0.640. The van der Waals surface area contributed by atoms with Crippen LogP contribution in [0, 0.1) is 0 Å². The zero-order valence-corrected chi connectivity index (χ0v) is 6.12. The third kappa shape index (κ3) is 2.27. The van der Waals surface area contributed by atoms with Crippen LogP contribution in [0.2, 0.25) is 0 Å². The summed E-state index contributed by atoms with van der Waals surface area (Å²) in [5.41, 5.74) is 0. The Morgan fingerprint density at radius 3 is 2.12 bits per heavy atom. The Balaban J connectivity index is 2.17. The third-order valence-corrected chi connectivity index (χ3v) is 2.28. The van der Waals surface area contributed by atoms with Crippen LogP contribution >= 0.6 is 19.0 Å². The number of halogens is 1. The van der Waals surface area contributed by atoms with Gasteiger partial charge in [0.15, 0.2) is 0 Å². The van der Waals surface area contributed by atoms with E-state index in [2.05, 4.69) is 0 Å². The second-order valence-corrected chi connectivity index (χ2v) is 3.36. The fourth-order valence-electron chi connectivity index (χ4n) is 0.514. The average molecular weight is 155 g/mol. The molecule has 0 aromatic carbocycles. The van der Waals surface area contributed by atoms with Gasteiger partial charge in [-0.2, -0.15) is 0 Å². The molecule has 4 heteroatoms. The molecular weight excluding hydrogens is 146 g/mol. The smallest absolute Gasteiger partial charge is 0.276 e. The summed E-state index contributed by atoms with van der Waals surface area (Å²) in [4.78, 5) is 0. The third-order valence-electron chi connectivity index (χ3n) is 0.924. The summed E-state index contributed by atoms with van der Waals surface area (Å²) in [6.07, 6.45) is 2.15. The van der Waals surface area contributed by atoms with Crippen LogP contribution in [0.1, 0.15) is 12.8 Å². The van der Waals surface area contributed by atoms with E-state index in [1.54, 1.807) is 0 Å². The maximum absolute atomic E-state index is 5.54. The van der Waals surface area contributed by atoms with Crippen LogP contribution in [0.15, 0.2) is 0 Å². The van der Waals surface area contributed by atoms with Crippen LogP contribution in [-0.4, -0.2) is 13.2 Å². The first-order valence-electron chi connectivity index (χ1n) is 2.61. The van der Waals surface area contributed by atoms with E-state index in [-0.39, 0.29) is 0 Å². The van der Waals surface area contributed by atoms with Crippen molar-refractivity contribution in [2.75, 3.05) is 13.2 Å². The first-order valence-corrected chi connectivity index (χ1v) is 4.69. The maximum atomic E-state index is 5.54. The van der Waals surface area contributed by atoms with Gasteiger partial charge in [0.05, 0.1) is 13.2 Å². The van der Waals surface area contributed by atoms with Crippen LogP contribution in [0.5, 0.6) is 0 Å². The van der Waals surface area contributed by atoms with E-state index in [1.807, 2.05) is 0 Å². The van der Waals surface area contributed by atoms with Crippen LogP contribution in [0.4, 0.5) is 0 Å². The summed E-state index contributed by atoms with van der Waals surface area (Å²) in [5.74, 6) is 0. The van der Waals surface area contributed by atoms with Gasteiger partial charge in [0.1, 0.15) is 0 Å². The minimum Gasteiger partial charge on any atom is -0.322 e. The molecule has 1 rings (SSSR count). The Morgan fingerprint density at radius 1 is 1.12 bits per heavy atom. The highest BCUT2D eigenvalue weighted by Gasteiger charge is 2.08. The quantitative estimate of drug-likeness (QED) is 0.499. The van der Waals surface area contributed by atoms with Gasteiger partial charge in [0, 0.05) is 0 Å². The molecule has 0 N–H and O–H groups in total. The van der Waals surface area contributed by atoms with Crippen molar-refractivity contribution in [1.82, 2.24) is 0 Å². The normalized spacial score (nSPS) is 25.1. The Kier molecular flexibility index (Phi) is 3.06. The second-order valence-electron chi connectivity index (χ2n) is 1.59. The van der Waals surface area contributed by atoms with Gasteiger partial charge in [-0.15, -0.1) is 0 Å². The van der Waals surface area contributed by atoms with Crippen molar-refractivity contribution in [3.63, 3.8) is 0 Å². The predicted octanol–water partition coefficient (Wildman–Crippen LogP) is 2.28. The predicted molar refractivity (Wildman–Crippen MR) is 33.9 cm³/mol. The highest BCUT2D eigenvalue weighted by Crippen LogP contribution is 2.45. The highest BCUT2D eigenvalue weighted by molar-refractivity contribution is 7.76. The molecule has 0 aromatic heterocycles. The van der Waals surface area contributed by atoms with Crippen molar-refractivity contribution >= 4 is 19.0 Å². The van der Waals surface area contributed by atoms with E-state index >= 15 is 0 Å². The Bertz CT molecular complexity index is 63.1. The van der Waals surface area contributed by atoms with Crippen molar-refractivity contribution in [3.05, 3.63) is 0 Å². The average Bonchev–Trinajstić information content (AvgIpc) is 1.94. The lowest BCUT2D eigenvalue weighted by Gasteiger charge is -2.02. The number of hydrogen-bond acceptors (Lipinski definition) is 2. The molecule has 0 unspecified atom stereocenters. The molecule has 1 heterocycles. The molecule has 0 aromatic rings. The molecule has 0 spiro atoms. The summed E-state index contributed by atoms with van der Waals surface area (Å²) in [5, 5.41) is 0. The van der Waals surface area contributed by atoms with Crippen molar-refractivity contribution in [2.24, 2.45) is 0 Å². The fourth-order valence-corrected chi connectivity index (χ4v) is 1.55. The van der Waals surface area contributed by atoms with Crippen LogP contribution < -0.4 is 0 Å². The zero-order valence-electron chi connectivity index (χ0n) is 4.47. The molecule has 0 aliphatic carbocycles. The maximum Gasteiger partial charge on any atom is 0.276 e. The van der Waals surface area contributed by atoms with E-state index in [4.69, 9.17) is 20.3 Å². The lowest BCUT2D eigenvalue weighted by Crippen LogP contribution is -1.82. The molecule has 0 radical (unpaired) electrons. The summed E-state index contributed by atoms with van der Waals surface area (Å²) in [7, 11) is -1.05. The number of hydrogen-bond donors (Lipinski definition) is 0. The van der Waals surface area contributed by atoms with E-state index in [0.717, 1.165) is 26.1 Å². The van der Waals surface area contributed by atoms with Crippen LogP contribution in [-0.2, 0) is 9.05 Å². The van der Waals surface area contributed by atoms with E-state index in [9.17, 15) is 0 Å². The number of rotatable bonds is 0. The molecule has 0 bridgehead atoms. The van der Waals surface area contributed by atoms with Crippen molar-refractivity contribution < 1.29 is 9.05 Å². The second kappa shape index (κ2) is 3.62. The van der Waals surface area contributed by atoms with Crippen molar-refractivity contribution in [2.45, 2.75) is 12.8 Å². The summed E-state index contributed by atoms with van der Waals surface area (Å²) in [6, 6.07) is 0. The Labute approximate surface area is 54.8 Å². The molecule has 0 saturated carbocycles. The van der Waals surface area contributed by atoms with Gasteiger partial charge < -0.3 is 9.05 Å². The van der Waals surface area contributed by atoms with E-state index in [1.165, 1.54) is 0 Å². The van der Waals surface area contributed by atoms with Gasteiger partial charge >= 0.3 is 0 Å². The van der Waals surface area contributed by atoms with Gasteiger partial charge in [-0.3, -0.25) is 0 Å². The fraction of sp³-hybridized carbons (Fsp3) is 1.00. The van der Waals surface area contributed by atoms with Crippen LogP contribution in [0.25, 0.3) is 0 Å².